The van der Waals surface area contributed by atoms with E-state index in [1.807, 2.05) is 24.4 Å². The number of tetrazole rings is 1. The average molecular weight is 431 g/mol. The van der Waals surface area contributed by atoms with Gasteiger partial charge in [-0.3, -0.25) is 0 Å². The molecule has 2 saturated heterocycles. The number of nitrogens with zero attached hydrogens (tertiary/aromatic N) is 6. The van der Waals surface area contributed by atoms with Gasteiger partial charge in [-0.2, -0.15) is 4.68 Å². The predicted molar refractivity (Wildman–Crippen MR) is 113 cm³/mol. The molecule has 2 aliphatic heterocycles. The van der Waals surface area contributed by atoms with Crippen molar-refractivity contribution in [3.8, 4) is 5.69 Å². The second kappa shape index (κ2) is 7.78. The van der Waals surface area contributed by atoms with E-state index in [1.165, 1.54) is 6.42 Å². The number of aromatic nitrogens is 5. The number of pyridine rings is 1. The first-order chi connectivity index (χ1) is 14.2. The van der Waals surface area contributed by atoms with Crippen LogP contribution < -0.4 is 15.5 Å². The van der Waals surface area contributed by atoms with Crippen molar-refractivity contribution in [3.05, 3.63) is 52.1 Å². The Hall–Kier alpha value is -2.42. The Labute approximate surface area is 178 Å². The molecule has 0 aliphatic carbocycles. The lowest BCUT2D eigenvalue weighted by molar-refractivity contribution is 0.577. The van der Waals surface area contributed by atoms with E-state index in [1.54, 1.807) is 10.7 Å². The van der Waals surface area contributed by atoms with E-state index < -0.39 is 0 Å². The quantitative estimate of drug-likeness (QED) is 0.643. The van der Waals surface area contributed by atoms with Crippen LogP contribution >= 0.6 is 23.2 Å². The molecular weight excluding hydrogens is 411 g/mol. The fourth-order valence-electron chi connectivity index (χ4n) is 4.23. The molecule has 29 heavy (non-hydrogen) atoms. The summed E-state index contributed by atoms with van der Waals surface area (Å²) in [5.41, 5.74) is 1.73. The summed E-state index contributed by atoms with van der Waals surface area (Å²) in [6.45, 7) is 3.69. The maximum absolute atomic E-state index is 6.34. The van der Waals surface area contributed by atoms with Gasteiger partial charge in [0.05, 0.1) is 15.7 Å². The van der Waals surface area contributed by atoms with Crippen molar-refractivity contribution in [3.63, 3.8) is 0 Å². The number of rotatable bonds is 5. The lowest BCUT2D eigenvalue weighted by Crippen LogP contribution is -2.35. The molecule has 0 saturated carbocycles. The first-order valence-electron chi connectivity index (χ1n) is 9.60. The van der Waals surface area contributed by atoms with Crippen LogP contribution in [0.25, 0.3) is 5.69 Å². The van der Waals surface area contributed by atoms with Crippen LogP contribution in [0, 0.1) is 5.92 Å². The number of hydrogen-bond acceptors (Lipinski definition) is 7. The lowest BCUT2D eigenvalue weighted by Gasteiger charge is -2.26. The molecule has 2 fully saturated rings. The van der Waals surface area contributed by atoms with Gasteiger partial charge < -0.3 is 15.5 Å². The van der Waals surface area contributed by atoms with Gasteiger partial charge in [-0.1, -0.05) is 40.4 Å². The predicted octanol–water partition coefficient (Wildman–Crippen LogP) is 2.77. The molecule has 4 heterocycles. The van der Waals surface area contributed by atoms with Gasteiger partial charge in [0, 0.05) is 44.0 Å². The Morgan fingerprint density at radius 2 is 2.10 bits per heavy atom. The smallest absolute Gasteiger partial charge is 0.248 e. The fraction of sp³-hybridized carbons (Fsp3) is 0.368. The molecule has 0 radical (unpaired) electrons. The Balaban J connectivity index is 1.39. The zero-order chi connectivity index (χ0) is 19.8. The first kappa shape index (κ1) is 18.6. The molecule has 8 nitrogen and oxygen atoms in total. The van der Waals surface area contributed by atoms with Crippen LogP contribution in [-0.2, 0) is 6.54 Å². The molecule has 2 unspecified atom stereocenters. The van der Waals surface area contributed by atoms with Gasteiger partial charge in [0.1, 0.15) is 5.82 Å². The van der Waals surface area contributed by atoms with E-state index in [2.05, 4.69) is 42.1 Å². The Bertz CT molecular complexity index is 1020. The maximum Gasteiger partial charge on any atom is 0.248 e. The molecule has 10 heteroatoms. The largest absolute Gasteiger partial charge is 0.352 e. The number of nitrogens with one attached hydrogen (secondary N) is 2. The van der Waals surface area contributed by atoms with Crippen LogP contribution in [-0.4, -0.2) is 50.9 Å². The first-order valence-corrected chi connectivity index (χ1v) is 10.4. The monoisotopic (exact) mass is 430 g/mol. The molecule has 150 valence electrons. The minimum atomic E-state index is 0.406. The van der Waals surface area contributed by atoms with Crippen molar-refractivity contribution < 1.29 is 0 Å². The van der Waals surface area contributed by atoms with Crippen molar-refractivity contribution >= 4 is 35.0 Å². The molecule has 2 aromatic heterocycles. The zero-order valence-electron chi connectivity index (χ0n) is 15.6. The molecule has 0 bridgehead atoms. The summed E-state index contributed by atoms with van der Waals surface area (Å²) in [5, 5.41) is 19.6. The molecular formula is C19H20Cl2N8. The third-order valence-corrected chi connectivity index (χ3v) is 6.46. The van der Waals surface area contributed by atoms with Gasteiger partial charge >= 0.3 is 0 Å². The molecule has 2 atom stereocenters. The van der Waals surface area contributed by atoms with Gasteiger partial charge in [-0.15, -0.1) is 0 Å². The molecule has 0 amide bonds. The summed E-state index contributed by atoms with van der Waals surface area (Å²) in [4.78, 5) is 7.12. The van der Waals surface area contributed by atoms with Crippen LogP contribution in [0.4, 0.5) is 11.8 Å². The van der Waals surface area contributed by atoms with Crippen LogP contribution in [0.15, 0.2) is 36.5 Å². The number of fused-ring (bicyclic) bond motifs is 1. The summed E-state index contributed by atoms with van der Waals surface area (Å²) < 4.78 is 1.55. The van der Waals surface area contributed by atoms with E-state index in [4.69, 9.17) is 23.2 Å². The Morgan fingerprint density at radius 3 is 3.03 bits per heavy atom. The van der Waals surface area contributed by atoms with Crippen molar-refractivity contribution in [1.82, 2.24) is 30.5 Å². The molecule has 0 spiro atoms. The molecule has 2 N–H and O–H groups in total. The lowest BCUT2D eigenvalue weighted by atomic mass is 10.1. The summed E-state index contributed by atoms with van der Waals surface area (Å²) >= 11 is 12.5. The van der Waals surface area contributed by atoms with Gasteiger partial charge in [0.15, 0.2) is 0 Å². The third kappa shape index (κ3) is 3.41. The van der Waals surface area contributed by atoms with Crippen molar-refractivity contribution in [2.75, 3.05) is 29.9 Å². The zero-order valence-corrected chi connectivity index (χ0v) is 17.1. The summed E-state index contributed by atoms with van der Waals surface area (Å²) in [6, 6.07) is 9.92. The highest BCUT2D eigenvalue weighted by Gasteiger charge is 2.38. The number of halogens is 2. The molecule has 3 aromatic rings. The van der Waals surface area contributed by atoms with Gasteiger partial charge in [-0.05, 0) is 41.0 Å². The van der Waals surface area contributed by atoms with Gasteiger partial charge in [0.2, 0.25) is 5.95 Å². The Morgan fingerprint density at radius 1 is 1.17 bits per heavy atom. The van der Waals surface area contributed by atoms with E-state index >= 15 is 0 Å². The van der Waals surface area contributed by atoms with E-state index in [-0.39, 0.29) is 0 Å². The average Bonchev–Trinajstić information content (AvgIpc) is 3.46. The third-order valence-electron chi connectivity index (χ3n) is 5.65. The van der Waals surface area contributed by atoms with Gasteiger partial charge in [-0.25, -0.2) is 4.98 Å². The second-order valence-electron chi connectivity index (χ2n) is 7.29. The van der Waals surface area contributed by atoms with Crippen LogP contribution in [0.2, 0.25) is 10.0 Å². The SMILES string of the molecule is Clc1cccc(-n2nnnc2NCc2cccnc2N2CCC3CNCC32)c1Cl. The standard InChI is InChI=1S/C19H20Cl2N8/c20-14-4-1-5-15(17(14)21)29-19(25-26-27-29)24-10-13-3-2-7-23-18(13)28-8-6-12-9-22-11-16(12)28/h1-5,7,12,16,22H,6,8-11H2,(H,24,25,27). The number of hydrogen-bond donors (Lipinski definition) is 2. The number of anilines is 2. The van der Waals surface area contributed by atoms with E-state index in [9.17, 15) is 0 Å². The minimum absolute atomic E-state index is 0.406. The second-order valence-corrected chi connectivity index (χ2v) is 8.08. The summed E-state index contributed by atoms with van der Waals surface area (Å²) in [5.74, 6) is 2.22. The topological polar surface area (TPSA) is 83.8 Å². The highest BCUT2D eigenvalue weighted by atomic mass is 35.5. The van der Waals surface area contributed by atoms with Crippen molar-refractivity contribution in [2.24, 2.45) is 5.92 Å². The highest BCUT2D eigenvalue weighted by Crippen LogP contribution is 2.33. The van der Waals surface area contributed by atoms with E-state index in [0.717, 1.165) is 31.0 Å². The fourth-order valence-corrected chi connectivity index (χ4v) is 4.60. The molecule has 5 rings (SSSR count). The molecule has 2 aliphatic rings. The van der Waals surface area contributed by atoms with Crippen LogP contribution in [0.5, 0.6) is 0 Å². The normalized spacial score (nSPS) is 20.8. The van der Waals surface area contributed by atoms with Gasteiger partial charge in [0.25, 0.3) is 0 Å². The van der Waals surface area contributed by atoms with Crippen LogP contribution in [0.1, 0.15) is 12.0 Å². The minimum Gasteiger partial charge on any atom is -0.352 e. The summed E-state index contributed by atoms with van der Waals surface area (Å²) in [6.07, 6.45) is 3.05. The molecule has 1 aromatic carbocycles. The number of benzene rings is 1. The van der Waals surface area contributed by atoms with Crippen molar-refractivity contribution in [2.45, 2.75) is 19.0 Å². The van der Waals surface area contributed by atoms with Crippen LogP contribution in [0.3, 0.4) is 0 Å². The maximum atomic E-state index is 6.34. The highest BCUT2D eigenvalue weighted by molar-refractivity contribution is 6.43. The summed E-state index contributed by atoms with van der Waals surface area (Å²) in [7, 11) is 0. The van der Waals surface area contributed by atoms with E-state index in [0.29, 0.717) is 40.2 Å². The van der Waals surface area contributed by atoms with Crippen molar-refractivity contribution in [1.29, 1.82) is 0 Å². The Kier molecular flexibility index (Phi) is 4.99.